The maximum absolute atomic E-state index is 13.8. The van der Waals surface area contributed by atoms with Gasteiger partial charge in [-0.25, -0.2) is 4.39 Å². The van der Waals surface area contributed by atoms with Crippen LogP contribution in [0.2, 0.25) is 0 Å². The van der Waals surface area contributed by atoms with E-state index in [4.69, 9.17) is 0 Å². The van der Waals surface area contributed by atoms with Gasteiger partial charge in [0, 0.05) is 37.0 Å². The number of likely N-dealkylation sites (N-methyl/N-ethyl adjacent to an activating group) is 2. The summed E-state index contributed by atoms with van der Waals surface area (Å²) in [5, 5.41) is 0. The third-order valence-electron chi connectivity index (χ3n) is 4.40. The number of rotatable bonds is 3. The number of likely N-dealkylation sites (tertiary alicyclic amines) is 1. The number of halogens is 1. The van der Waals surface area contributed by atoms with E-state index in [0.29, 0.717) is 16.8 Å². The second kappa shape index (κ2) is 6.46. The van der Waals surface area contributed by atoms with Gasteiger partial charge in [0.2, 0.25) is 0 Å². The van der Waals surface area contributed by atoms with Crippen molar-refractivity contribution in [3.63, 3.8) is 0 Å². The van der Waals surface area contributed by atoms with Crippen LogP contribution in [0.15, 0.2) is 42.6 Å². The fourth-order valence-corrected chi connectivity index (χ4v) is 2.97. The van der Waals surface area contributed by atoms with Crippen molar-refractivity contribution < 1.29 is 9.18 Å². The van der Waals surface area contributed by atoms with Gasteiger partial charge in [0.15, 0.2) is 0 Å². The molecule has 0 spiro atoms. The summed E-state index contributed by atoms with van der Waals surface area (Å²) >= 11 is 0. The number of amides is 1. The Bertz CT molecular complexity index is 702. The second-order valence-electron chi connectivity index (χ2n) is 6.03. The molecule has 0 radical (unpaired) electrons. The van der Waals surface area contributed by atoms with Gasteiger partial charge in [0.1, 0.15) is 11.5 Å². The third kappa shape index (κ3) is 3.24. The number of carbonyl (C=O) groups excluding carboxylic acids is 1. The van der Waals surface area contributed by atoms with Crippen molar-refractivity contribution in [1.29, 1.82) is 0 Å². The smallest absolute Gasteiger partial charge is 0.253 e. The highest BCUT2D eigenvalue weighted by Crippen LogP contribution is 2.21. The number of benzene rings is 1. The Labute approximate surface area is 135 Å². The second-order valence-corrected chi connectivity index (χ2v) is 6.03. The van der Waals surface area contributed by atoms with E-state index < -0.39 is 0 Å². The molecule has 1 aromatic heterocycles. The molecule has 1 atom stereocenters. The first-order chi connectivity index (χ1) is 11.1. The summed E-state index contributed by atoms with van der Waals surface area (Å²) < 4.78 is 13.8. The molecule has 120 valence electrons. The summed E-state index contributed by atoms with van der Waals surface area (Å²) in [4.78, 5) is 20.7. The Morgan fingerprint density at radius 1 is 1.30 bits per heavy atom. The van der Waals surface area contributed by atoms with E-state index in [2.05, 4.69) is 16.9 Å². The predicted octanol–water partition coefficient (Wildman–Crippen LogP) is 2.66. The summed E-state index contributed by atoms with van der Waals surface area (Å²) in [6, 6.07) is 10.2. The molecular weight excluding hydrogens is 293 g/mol. The van der Waals surface area contributed by atoms with Crippen LogP contribution in [0.3, 0.4) is 0 Å². The molecule has 2 aromatic rings. The highest BCUT2D eigenvalue weighted by atomic mass is 19.1. The molecule has 1 aromatic carbocycles. The highest BCUT2D eigenvalue weighted by molar-refractivity contribution is 5.94. The van der Waals surface area contributed by atoms with E-state index in [0.717, 1.165) is 19.5 Å². The number of nitrogens with zero attached hydrogens (tertiary/aromatic N) is 3. The van der Waals surface area contributed by atoms with E-state index in [1.54, 1.807) is 41.4 Å². The van der Waals surface area contributed by atoms with E-state index in [1.807, 2.05) is 7.05 Å². The Morgan fingerprint density at radius 3 is 2.65 bits per heavy atom. The van der Waals surface area contributed by atoms with Crippen LogP contribution in [0.1, 0.15) is 16.8 Å². The highest BCUT2D eigenvalue weighted by Gasteiger charge is 2.26. The molecular formula is C18H20FN3O. The summed E-state index contributed by atoms with van der Waals surface area (Å²) in [6.07, 6.45) is 2.55. The van der Waals surface area contributed by atoms with E-state index in [9.17, 15) is 9.18 Å². The Balaban J connectivity index is 1.77. The van der Waals surface area contributed by atoms with Crippen molar-refractivity contribution in [2.45, 2.75) is 12.5 Å². The molecule has 4 nitrogen and oxygen atoms in total. The molecule has 0 aliphatic carbocycles. The van der Waals surface area contributed by atoms with Gasteiger partial charge in [-0.1, -0.05) is 12.1 Å². The number of carbonyl (C=O) groups is 1. The Kier molecular flexibility index (Phi) is 4.39. The van der Waals surface area contributed by atoms with Crippen LogP contribution >= 0.6 is 0 Å². The van der Waals surface area contributed by atoms with Crippen LogP contribution in [0, 0.1) is 5.82 Å². The van der Waals surface area contributed by atoms with Crippen LogP contribution in [0.25, 0.3) is 11.3 Å². The zero-order valence-electron chi connectivity index (χ0n) is 13.4. The van der Waals surface area contributed by atoms with Gasteiger partial charge < -0.3 is 9.80 Å². The van der Waals surface area contributed by atoms with Crippen molar-refractivity contribution in [3.05, 3.63) is 54.0 Å². The molecule has 1 aliphatic heterocycles. The summed E-state index contributed by atoms with van der Waals surface area (Å²) in [6.45, 7) is 1.92. The normalized spacial score (nSPS) is 18.1. The number of hydrogen-bond donors (Lipinski definition) is 0. The van der Waals surface area contributed by atoms with Gasteiger partial charge in [-0.15, -0.1) is 0 Å². The molecule has 0 unspecified atom stereocenters. The van der Waals surface area contributed by atoms with E-state index >= 15 is 0 Å². The summed E-state index contributed by atoms with van der Waals surface area (Å²) in [7, 11) is 3.91. The average molecular weight is 313 g/mol. The average Bonchev–Trinajstić information content (AvgIpc) is 3.01. The fraction of sp³-hybridized carbons (Fsp3) is 0.333. The molecule has 1 amide bonds. The minimum atomic E-state index is -0.363. The molecule has 1 fully saturated rings. The third-order valence-corrected chi connectivity index (χ3v) is 4.40. The zero-order chi connectivity index (χ0) is 16.4. The molecule has 5 heteroatoms. The summed E-state index contributed by atoms with van der Waals surface area (Å²) in [5.74, 6) is -0.365. The lowest BCUT2D eigenvalue weighted by Crippen LogP contribution is -2.38. The van der Waals surface area contributed by atoms with Crippen molar-refractivity contribution in [1.82, 2.24) is 14.8 Å². The molecule has 3 rings (SSSR count). The zero-order valence-corrected chi connectivity index (χ0v) is 13.4. The van der Waals surface area contributed by atoms with Crippen molar-refractivity contribution in [2.24, 2.45) is 0 Å². The quantitative estimate of drug-likeness (QED) is 0.874. The van der Waals surface area contributed by atoms with Gasteiger partial charge in [0.25, 0.3) is 5.91 Å². The lowest BCUT2D eigenvalue weighted by Gasteiger charge is -2.24. The van der Waals surface area contributed by atoms with Crippen LogP contribution in [-0.2, 0) is 0 Å². The minimum absolute atomic E-state index is 0.00153. The first kappa shape index (κ1) is 15.6. The lowest BCUT2D eigenvalue weighted by molar-refractivity contribution is 0.0737. The van der Waals surface area contributed by atoms with E-state index in [-0.39, 0.29) is 17.8 Å². The van der Waals surface area contributed by atoms with Crippen LogP contribution < -0.4 is 0 Å². The number of aromatic nitrogens is 1. The number of pyridine rings is 1. The molecule has 1 saturated heterocycles. The molecule has 2 heterocycles. The lowest BCUT2D eigenvalue weighted by atomic mass is 10.1. The topological polar surface area (TPSA) is 36.4 Å². The SMILES string of the molecule is CN1CC[C@H](N(C)C(=O)c2ccc(-c3ncccc3F)cc2)C1. The molecule has 1 aliphatic rings. The minimum Gasteiger partial charge on any atom is -0.337 e. The molecule has 23 heavy (non-hydrogen) atoms. The van der Waals surface area contributed by atoms with Gasteiger partial charge in [-0.3, -0.25) is 9.78 Å². The van der Waals surface area contributed by atoms with Crippen molar-refractivity contribution in [3.8, 4) is 11.3 Å². The van der Waals surface area contributed by atoms with Gasteiger partial charge in [-0.05, 0) is 44.3 Å². The predicted molar refractivity (Wildman–Crippen MR) is 87.6 cm³/mol. The number of hydrogen-bond acceptors (Lipinski definition) is 3. The largest absolute Gasteiger partial charge is 0.337 e. The first-order valence-electron chi connectivity index (χ1n) is 7.73. The maximum atomic E-state index is 13.8. The van der Waals surface area contributed by atoms with Crippen molar-refractivity contribution in [2.75, 3.05) is 27.2 Å². The molecule has 0 N–H and O–H groups in total. The van der Waals surface area contributed by atoms with Crippen LogP contribution in [0.4, 0.5) is 4.39 Å². The maximum Gasteiger partial charge on any atom is 0.253 e. The van der Waals surface area contributed by atoms with Gasteiger partial charge >= 0.3 is 0 Å². The van der Waals surface area contributed by atoms with Crippen LogP contribution in [0.5, 0.6) is 0 Å². The fourth-order valence-electron chi connectivity index (χ4n) is 2.97. The van der Waals surface area contributed by atoms with Crippen molar-refractivity contribution >= 4 is 5.91 Å². The molecule has 0 bridgehead atoms. The summed E-state index contributed by atoms with van der Waals surface area (Å²) in [5.41, 5.74) is 1.59. The van der Waals surface area contributed by atoms with E-state index in [1.165, 1.54) is 6.07 Å². The van der Waals surface area contributed by atoms with Gasteiger partial charge in [-0.2, -0.15) is 0 Å². The van der Waals surface area contributed by atoms with Gasteiger partial charge in [0.05, 0.1) is 0 Å². The standard InChI is InChI=1S/C18H20FN3O/c1-21-11-9-15(12-21)22(2)18(23)14-7-5-13(6-8-14)17-16(19)4-3-10-20-17/h3-8,10,15H,9,11-12H2,1-2H3/t15-/m0/s1. The Morgan fingerprint density at radius 2 is 2.04 bits per heavy atom. The Hall–Kier alpha value is -2.27. The van der Waals surface area contributed by atoms with Crippen LogP contribution in [-0.4, -0.2) is 53.9 Å². The first-order valence-corrected chi connectivity index (χ1v) is 7.73. The molecule has 0 saturated carbocycles. The monoisotopic (exact) mass is 313 g/mol.